The standard InChI is InChI=1S/C53H62ClN3O5/c1-3-5-7-9-11-12-13-14-15-17-20-41-23-29-44(30-24-41)56-57-45-31-37-48(38-32-45)62-53(59)49-21-19-22-50(51(49)54)55-40-42-25-33-47(34-26-42)61-52(58)43-27-35-46(36-28-43)60-39-18-16-10-8-6-4-2/h19,21-38,40H,3-18,20,39H2,1-2H3. The molecule has 0 heterocycles. The summed E-state index contributed by atoms with van der Waals surface area (Å²) in [4.78, 5) is 30.4. The third-order valence-electron chi connectivity index (χ3n) is 10.6. The van der Waals surface area contributed by atoms with Crippen molar-refractivity contribution >= 4 is 46.8 Å². The van der Waals surface area contributed by atoms with Crippen molar-refractivity contribution in [3.05, 3.63) is 143 Å². The van der Waals surface area contributed by atoms with Crippen LogP contribution >= 0.6 is 11.6 Å². The lowest BCUT2D eigenvalue weighted by atomic mass is 10.0. The fraction of sp³-hybridized carbons (Fsp3) is 0.377. The Hall–Kier alpha value is -5.60. The second kappa shape index (κ2) is 27.4. The molecule has 0 aliphatic carbocycles. The van der Waals surface area contributed by atoms with Crippen LogP contribution in [0.1, 0.15) is 148 Å². The third-order valence-corrected chi connectivity index (χ3v) is 11.0. The van der Waals surface area contributed by atoms with Crippen molar-refractivity contribution in [2.24, 2.45) is 15.2 Å². The van der Waals surface area contributed by atoms with Crippen molar-refractivity contribution in [2.75, 3.05) is 6.61 Å². The fourth-order valence-corrected chi connectivity index (χ4v) is 7.12. The first-order chi connectivity index (χ1) is 30.4. The van der Waals surface area contributed by atoms with Crippen molar-refractivity contribution in [1.82, 2.24) is 0 Å². The number of carbonyl (C=O) groups excluding carboxylic acids is 2. The molecule has 8 nitrogen and oxygen atoms in total. The number of hydrogen-bond donors (Lipinski definition) is 0. The summed E-state index contributed by atoms with van der Waals surface area (Å²) in [7, 11) is 0. The van der Waals surface area contributed by atoms with E-state index in [0.29, 0.717) is 35.0 Å². The number of ether oxygens (including phenoxy) is 3. The number of azo groups is 1. The number of hydrogen-bond acceptors (Lipinski definition) is 8. The maximum Gasteiger partial charge on any atom is 0.345 e. The van der Waals surface area contributed by atoms with Crippen LogP contribution in [-0.2, 0) is 6.42 Å². The highest BCUT2D eigenvalue weighted by Gasteiger charge is 2.16. The van der Waals surface area contributed by atoms with Gasteiger partial charge in [-0.1, -0.05) is 134 Å². The lowest BCUT2D eigenvalue weighted by molar-refractivity contribution is 0.0725. The predicted octanol–water partition coefficient (Wildman–Crippen LogP) is 16.1. The zero-order valence-corrected chi connectivity index (χ0v) is 37.3. The topological polar surface area (TPSA) is 98.9 Å². The van der Waals surface area contributed by atoms with Gasteiger partial charge in [-0.05, 0) is 127 Å². The van der Waals surface area contributed by atoms with Crippen molar-refractivity contribution in [2.45, 2.75) is 123 Å². The number of halogens is 1. The summed E-state index contributed by atoms with van der Waals surface area (Å²) in [5.74, 6) is 0.407. The minimum Gasteiger partial charge on any atom is -0.494 e. The quantitative estimate of drug-likeness (QED) is 0.0172. The molecule has 0 fully saturated rings. The normalized spacial score (nSPS) is 11.3. The Kier molecular flexibility index (Phi) is 20.9. The van der Waals surface area contributed by atoms with Gasteiger partial charge in [-0.15, -0.1) is 0 Å². The average molecular weight is 857 g/mol. The molecule has 0 saturated heterocycles. The zero-order valence-electron chi connectivity index (χ0n) is 36.5. The highest BCUT2D eigenvalue weighted by Crippen LogP contribution is 2.30. The van der Waals surface area contributed by atoms with E-state index in [-0.39, 0.29) is 10.6 Å². The van der Waals surface area contributed by atoms with Gasteiger partial charge in [0.05, 0.1) is 39.8 Å². The number of aryl methyl sites for hydroxylation is 1. The largest absolute Gasteiger partial charge is 0.494 e. The molecule has 0 aromatic heterocycles. The van der Waals surface area contributed by atoms with E-state index in [9.17, 15) is 9.59 Å². The van der Waals surface area contributed by atoms with Gasteiger partial charge in [0.2, 0.25) is 0 Å². The van der Waals surface area contributed by atoms with Crippen LogP contribution < -0.4 is 14.2 Å². The minimum atomic E-state index is -0.610. The van der Waals surface area contributed by atoms with Gasteiger partial charge in [-0.3, -0.25) is 4.99 Å². The number of nitrogens with zero attached hydrogens (tertiary/aromatic N) is 3. The average Bonchev–Trinajstić information content (AvgIpc) is 3.29. The molecule has 9 heteroatoms. The van der Waals surface area contributed by atoms with E-state index < -0.39 is 11.9 Å². The monoisotopic (exact) mass is 855 g/mol. The van der Waals surface area contributed by atoms with Crippen LogP contribution in [0.15, 0.2) is 130 Å². The van der Waals surface area contributed by atoms with Gasteiger partial charge in [0.25, 0.3) is 0 Å². The van der Waals surface area contributed by atoms with Gasteiger partial charge in [0, 0.05) is 6.21 Å². The van der Waals surface area contributed by atoms with Crippen LogP contribution in [0.25, 0.3) is 0 Å². The molecule has 0 bridgehead atoms. The number of carbonyl (C=O) groups is 2. The molecular formula is C53H62ClN3O5. The number of aliphatic imine (C=N–C) groups is 1. The smallest absolute Gasteiger partial charge is 0.345 e. The Balaban J connectivity index is 1.03. The molecule has 5 rings (SSSR count). The van der Waals surface area contributed by atoms with E-state index in [1.807, 2.05) is 12.1 Å². The van der Waals surface area contributed by atoms with Crippen LogP contribution in [0.3, 0.4) is 0 Å². The lowest BCUT2D eigenvalue weighted by Gasteiger charge is -2.08. The Morgan fingerprint density at radius 3 is 1.63 bits per heavy atom. The molecule has 62 heavy (non-hydrogen) atoms. The minimum absolute atomic E-state index is 0.165. The molecule has 0 saturated carbocycles. The van der Waals surface area contributed by atoms with Crippen molar-refractivity contribution < 1.29 is 23.8 Å². The maximum atomic E-state index is 13.1. The van der Waals surface area contributed by atoms with Gasteiger partial charge in [-0.25, -0.2) is 9.59 Å². The molecule has 0 spiro atoms. The molecule has 0 aliphatic heterocycles. The molecule has 0 amide bonds. The first kappa shape index (κ1) is 47.4. The van der Waals surface area contributed by atoms with Crippen molar-refractivity contribution in [3.63, 3.8) is 0 Å². The van der Waals surface area contributed by atoms with Crippen LogP contribution in [0.2, 0.25) is 5.02 Å². The van der Waals surface area contributed by atoms with E-state index in [1.165, 1.54) is 95.5 Å². The number of unbranched alkanes of at least 4 members (excludes halogenated alkanes) is 14. The van der Waals surface area contributed by atoms with Crippen LogP contribution in [0.4, 0.5) is 17.1 Å². The summed E-state index contributed by atoms with van der Waals surface area (Å²) < 4.78 is 17.0. The Morgan fingerprint density at radius 1 is 0.532 bits per heavy atom. The zero-order chi connectivity index (χ0) is 43.6. The first-order valence-corrected chi connectivity index (χ1v) is 23.0. The highest BCUT2D eigenvalue weighted by molar-refractivity contribution is 6.36. The molecule has 0 atom stereocenters. The van der Waals surface area contributed by atoms with Gasteiger partial charge < -0.3 is 14.2 Å². The van der Waals surface area contributed by atoms with Crippen molar-refractivity contribution in [1.29, 1.82) is 0 Å². The molecule has 5 aromatic carbocycles. The summed E-state index contributed by atoms with van der Waals surface area (Å²) >= 11 is 6.63. The molecular weight excluding hydrogens is 794 g/mol. The second-order valence-corrected chi connectivity index (χ2v) is 16.1. The molecule has 0 radical (unpaired) electrons. The predicted molar refractivity (Wildman–Crippen MR) is 253 cm³/mol. The number of benzene rings is 5. The van der Waals surface area contributed by atoms with E-state index in [2.05, 4.69) is 41.2 Å². The fourth-order valence-electron chi connectivity index (χ4n) is 6.87. The van der Waals surface area contributed by atoms with Crippen LogP contribution in [0, 0.1) is 0 Å². The number of rotatable bonds is 27. The molecule has 5 aromatic rings. The Bertz CT molecular complexity index is 2130. The SMILES string of the molecule is CCCCCCCCCCCCc1ccc(N=Nc2ccc(OC(=O)c3cccc(N=Cc4ccc(OC(=O)c5ccc(OCCCCCCCC)cc5)cc4)c3Cl)cc2)cc1. The first-order valence-electron chi connectivity index (χ1n) is 22.6. The highest BCUT2D eigenvalue weighted by atomic mass is 35.5. The Labute approximate surface area is 373 Å². The summed E-state index contributed by atoms with van der Waals surface area (Å²) in [5, 5.41) is 8.90. The molecule has 326 valence electrons. The van der Waals surface area contributed by atoms with Gasteiger partial charge in [-0.2, -0.15) is 10.2 Å². The van der Waals surface area contributed by atoms with Gasteiger partial charge in [0.1, 0.15) is 17.2 Å². The van der Waals surface area contributed by atoms with E-state index in [1.54, 1.807) is 97.2 Å². The number of esters is 2. The maximum absolute atomic E-state index is 13.1. The lowest BCUT2D eigenvalue weighted by Crippen LogP contribution is -2.09. The van der Waals surface area contributed by atoms with Crippen LogP contribution in [-0.4, -0.2) is 24.8 Å². The Morgan fingerprint density at radius 2 is 1.03 bits per heavy atom. The summed E-state index contributed by atoms with van der Waals surface area (Å²) in [5.41, 5.74) is 4.50. The molecule has 0 unspecified atom stereocenters. The van der Waals surface area contributed by atoms with E-state index in [4.69, 9.17) is 25.8 Å². The second-order valence-electron chi connectivity index (χ2n) is 15.7. The van der Waals surface area contributed by atoms with Gasteiger partial charge in [0.15, 0.2) is 0 Å². The van der Waals surface area contributed by atoms with E-state index >= 15 is 0 Å². The van der Waals surface area contributed by atoms with Crippen molar-refractivity contribution in [3.8, 4) is 17.2 Å². The van der Waals surface area contributed by atoms with Gasteiger partial charge >= 0.3 is 11.9 Å². The molecule has 0 aliphatic rings. The summed E-state index contributed by atoms with van der Waals surface area (Å²) in [6, 6.07) is 34.0. The summed E-state index contributed by atoms with van der Waals surface area (Å²) in [6.07, 6.45) is 23.3. The van der Waals surface area contributed by atoms with E-state index in [0.717, 1.165) is 36.3 Å². The van der Waals surface area contributed by atoms with Crippen LogP contribution in [0.5, 0.6) is 17.2 Å². The summed E-state index contributed by atoms with van der Waals surface area (Å²) in [6.45, 7) is 5.14. The molecule has 0 N–H and O–H groups in total. The third kappa shape index (κ3) is 17.0.